The molecule has 0 fully saturated rings. The number of nitrogens with zero attached hydrogens (tertiary/aromatic N) is 1. The first-order chi connectivity index (χ1) is 9.88. The molecule has 0 aromatic heterocycles. The van der Waals surface area contributed by atoms with Crippen LogP contribution in [0.3, 0.4) is 0 Å². The molecule has 0 spiro atoms. The van der Waals surface area contributed by atoms with Crippen LogP contribution in [0.4, 0.5) is 5.69 Å². The summed E-state index contributed by atoms with van der Waals surface area (Å²) in [4.78, 5) is 22.7. The number of carbonyl (C=O) groups is 1. The maximum absolute atomic E-state index is 11.1. The third-order valence-corrected chi connectivity index (χ3v) is 4.15. The molecule has 0 aliphatic rings. The normalized spacial score (nSPS) is 10.4. The van der Waals surface area contributed by atoms with Crippen molar-refractivity contribution in [2.75, 3.05) is 0 Å². The maximum Gasteiger partial charge on any atom is 0.335 e. The molecule has 2 aromatic rings. The van der Waals surface area contributed by atoms with Crippen molar-refractivity contribution in [3.63, 3.8) is 0 Å². The SMILES string of the molecule is Cc1ccc(Sc2cc(C(=O)O)ccc2[N+](=O)[O-])cc1C. The lowest BCUT2D eigenvalue weighted by atomic mass is 10.1. The standard InChI is InChI=1S/C15H13NO4S/c1-9-3-5-12(7-10(9)2)21-14-8-11(15(17)18)4-6-13(14)16(19)20/h3-8H,1-2H3,(H,17,18). The quantitative estimate of drug-likeness (QED) is 0.680. The Morgan fingerprint density at radius 3 is 2.43 bits per heavy atom. The summed E-state index contributed by atoms with van der Waals surface area (Å²) in [5.41, 5.74) is 2.15. The molecule has 0 heterocycles. The molecule has 5 nitrogen and oxygen atoms in total. The molecule has 0 radical (unpaired) electrons. The summed E-state index contributed by atoms with van der Waals surface area (Å²) >= 11 is 1.19. The van der Waals surface area contributed by atoms with Gasteiger partial charge < -0.3 is 5.11 Å². The van der Waals surface area contributed by atoms with Crippen molar-refractivity contribution in [1.29, 1.82) is 0 Å². The highest BCUT2D eigenvalue weighted by atomic mass is 32.2. The van der Waals surface area contributed by atoms with Crippen LogP contribution >= 0.6 is 11.8 Å². The molecule has 0 bridgehead atoms. The van der Waals surface area contributed by atoms with E-state index < -0.39 is 10.9 Å². The lowest BCUT2D eigenvalue weighted by Crippen LogP contribution is -1.98. The third kappa shape index (κ3) is 3.41. The predicted molar refractivity (Wildman–Crippen MR) is 80.1 cm³/mol. The topological polar surface area (TPSA) is 80.4 Å². The average Bonchev–Trinajstić information content (AvgIpc) is 2.42. The van der Waals surface area contributed by atoms with Gasteiger partial charge in [0.25, 0.3) is 5.69 Å². The van der Waals surface area contributed by atoms with Crippen LogP contribution < -0.4 is 0 Å². The molecule has 0 amide bonds. The van der Waals surface area contributed by atoms with Crippen molar-refractivity contribution in [2.45, 2.75) is 23.6 Å². The Morgan fingerprint density at radius 2 is 1.86 bits per heavy atom. The zero-order chi connectivity index (χ0) is 15.6. The largest absolute Gasteiger partial charge is 0.478 e. The summed E-state index contributed by atoms with van der Waals surface area (Å²) in [5.74, 6) is -1.10. The molecule has 0 unspecified atom stereocenters. The maximum atomic E-state index is 11.1. The van der Waals surface area contributed by atoms with E-state index in [0.29, 0.717) is 4.90 Å². The summed E-state index contributed by atoms with van der Waals surface area (Å²) in [5, 5.41) is 20.1. The Balaban J connectivity index is 2.45. The number of nitro groups is 1. The van der Waals surface area contributed by atoms with Gasteiger partial charge in [-0.05, 0) is 49.2 Å². The summed E-state index contributed by atoms with van der Waals surface area (Å²) in [6.07, 6.45) is 0. The van der Waals surface area contributed by atoms with Crippen LogP contribution in [0.15, 0.2) is 46.2 Å². The van der Waals surface area contributed by atoms with Crippen molar-refractivity contribution in [1.82, 2.24) is 0 Å². The number of hydrogen-bond acceptors (Lipinski definition) is 4. The van der Waals surface area contributed by atoms with E-state index in [1.807, 2.05) is 32.0 Å². The minimum Gasteiger partial charge on any atom is -0.478 e. The number of nitro benzene ring substituents is 1. The van der Waals surface area contributed by atoms with Gasteiger partial charge in [-0.15, -0.1) is 0 Å². The van der Waals surface area contributed by atoms with Gasteiger partial charge in [-0.2, -0.15) is 0 Å². The fourth-order valence-electron chi connectivity index (χ4n) is 1.78. The molecule has 0 saturated carbocycles. The zero-order valence-electron chi connectivity index (χ0n) is 11.5. The van der Waals surface area contributed by atoms with Crippen LogP contribution in [0.1, 0.15) is 21.5 Å². The Kier molecular flexibility index (Phi) is 4.28. The van der Waals surface area contributed by atoms with Gasteiger partial charge in [0.1, 0.15) is 0 Å². The van der Waals surface area contributed by atoms with Crippen molar-refractivity contribution in [2.24, 2.45) is 0 Å². The molecule has 0 saturated heterocycles. The van der Waals surface area contributed by atoms with Crippen LogP contribution in [-0.4, -0.2) is 16.0 Å². The van der Waals surface area contributed by atoms with Crippen LogP contribution in [0.5, 0.6) is 0 Å². The monoisotopic (exact) mass is 303 g/mol. The highest BCUT2D eigenvalue weighted by molar-refractivity contribution is 7.99. The van der Waals surface area contributed by atoms with Gasteiger partial charge in [-0.25, -0.2) is 4.79 Å². The average molecular weight is 303 g/mol. The van der Waals surface area contributed by atoms with Crippen molar-refractivity contribution >= 4 is 23.4 Å². The number of hydrogen-bond donors (Lipinski definition) is 1. The number of benzene rings is 2. The number of carboxylic acid groups (broad SMARTS) is 1. The Hall–Kier alpha value is -2.34. The molecule has 6 heteroatoms. The predicted octanol–water partition coefficient (Wildman–Crippen LogP) is 4.06. The van der Waals surface area contributed by atoms with E-state index in [9.17, 15) is 14.9 Å². The molecule has 0 aliphatic carbocycles. The minimum atomic E-state index is -1.10. The van der Waals surface area contributed by atoms with E-state index >= 15 is 0 Å². The molecule has 0 aliphatic heterocycles. The minimum absolute atomic E-state index is 0.0342. The number of aromatic carboxylic acids is 1. The van der Waals surface area contributed by atoms with E-state index in [1.165, 1.54) is 30.0 Å². The Bertz CT molecular complexity index is 728. The van der Waals surface area contributed by atoms with Crippen LogP contribution in [0, 0.1) is 24.0 Å². The van der Waals surface area contributed by atoms with Crippen LogP contribution in [-0.2, 0) is 0 Å². The number of aryl methyl sites for hydroxylation is 2. The highest BCUT2D eigenvalue weighted by Crippen LogP contribution is 2.36. The third-order valence-electron chi connectivity index (χ3n) is 3.11. The van der Waals surface area contributed by atoms with Gasteiger partial charge in [-0.1, -0.05) is 17.8 Å². The molecule has 1 N–H and O–H groups in total. The lowest BCUT2D eigenvalue weighted by Gasteiger charge is -2.06. The zero-order valence-corrected chi connectivity index (χ0v) is 12.3. The second-order valence-corrected chi connectivity index (χ2v) is 5.71. The van der Waals surface area contributed by atoms with Gasteiger partial charge >= 0.3 is 5.97 Å². The van der Waals surface area contributed by atoms with E-state index in [-0.39, 0.29) is 11.3 Å². The van der Waals surface area contributed by atoms with E-state index in [0.717, 1.165) is 16.0 Å². The molecular weight excluding hydrogens is 290 g/mol. The van der Waals surface area contributed by atoms with Crippen molar-refractivity contribution in [3.8, 4) is 0 Å². The molecule has 108 valence electrons. The first-order valence-electron chi connectivity index (χ1n) is 6.15. The summed E-state index contributed by atoms with van der Waals surface area (Å²) in [7, 11) is 0. The smallest absolute Gasteiger partial charge is 0.335 e. The van der Waals surface area contributed by atoms with Gasteiger partial charge in [0.05, 0.1) is 15.4 Å². The van der Waals surface area contributed by atoms with Crippen LogP contribution in [0.25, 0.3) is 0 Å². The van der Waals surface area contributed by atoms with E-state index in [2.05, 4.69) is 0 Å². The van der Waals surface area contributed by atoms with Crippen LogP contribution in [0.2, 0.25) is 0 Å². The summed E-state index contributed by atoms with van der Waals surface area (Å²) in [6.45, 7) is 3.94. The molecule has 0 atom stereocenters. The number of carboxylic acids is 1. The van der Waals surface area contributed by atoms with E-state index in [4.69, 9.17) is 5.11 Å². The molecule has 21 heavy (non-hydrogen) atoms. The van der Waals surface area contributed by atoms with Gasteiger partial charge in [-0.3, -0.25) is 10.1 Å². The number of rotatable bonds is 4. The second kappa shape index (κ2) is 5.97. The van der Waals surface area contributed by atoms with Crippen molar-refractivity contribution < 1.29 is 14.8 Å². The highest BCUT2D eigenvalue weighted by Gasteiger charge is 2.17. The van der Waals surface area contributed by atoms with Crippen molar-refractivity contribution in [3.05, 3.63) is 63.2 Å². The first kappa shape index (κ1) is 15.1. The Morgan fingerprint density at radius 1 is 1.14 bits per heavy atom. The van der Waals surface area contributed by atoms with Gasteiger partial charge in [0.2, 0.25) is 0 Å². The van der Waals surface area contributed by atoms with Gasteiger partial charge in [0, 0.05) is 11.0 Å². The van der Waals surface area contributed by atoms with E-state index in [1.54, 1.807) is 0 Å². The first-order valence-corrected chi connectivity index (χ1v) is 6.97. The molecular formula is C15H13NO4S. The fourth-order valence-corrected chi connectivity index (χ4v) is 2.84. The lowest BCUT2D eigenvalue weighted by molar-refractivity contribution is -0.387. The molecule has 2 rings (SSSR count). The summed E-state index contributed by atoms with van der Waals surface area (Å²) in [6, 6.07) is 9.53. The fraction of sp³-hybridized carbons (Fsp3) is 0.133. The summed E-state index contributed by atoms with van der Waals surface area (Å²) < 4.78 is 0. The Labute approximate surface area is 125 Å². The molecule has 2 aromatic carbocycles. The second-order valence-electron chi connectivity index (χ2n) is 4.59. The van der Waals surface area contributed by atoms with Gasteiger partial charge in [0.15, 0.2) is 0 Å².